The van der Waals surface area contributed by atoms with E-state index in [9.17, 15) is 0 Å². The number of rotatable bonds is 1. The number of nitrogens with zero attached hydrogens (tertiary/aromatic N) is 2. The third-order valence-electron chi connectivity index (χ3n) is 2.53. The van der Waals surface area contributed by atoms with Crippen LogP contribution in [0.2, 0.25) is 0 Å². The molecule has 0 bridgehead atoms. The fourth-order valence-corrected chi connectivity index (χ4v) is 2.46. The van der Waals surface area contributed by atoms with Gasteiger partial charge in [0.1, 0.15) is 11.3 Å². The fourth-order valence-electron chi connectivity index (χ4n) is 1.80. The van der Waals surface area contributed by atoms with Gasteiger partial charge in [0, 0.05) is 11.5 Å². The number of imidazole rings is 1. The van der Waals surface area contributed by atoms with Gasteiger partial charge in [-0.25, -0.2) is 4.98 Å². The van der Waals surface area contributed by atoms with E-state index in [0.29, 0.717) is 0 Å². The van der Waals surface area contributed by atoms with Crippen LogP contribution in [0.1, 0.15) is 24.4 Å². The summed E-state index contributed by atoms with van der Waals surface area (Å²) in [7, 11) is 2.00. The van der Waals surface area contributed by atoms with Gasteiger partial charge in [0.2, 0.25) is 0 Å². The van der Waals surface area contributed by atoms with Crippen molar-refractivity contribution in [1.29, 1.82) is 0 Å². The van der Waals surface area contributed by atoms with E-state index in [2.05, 4.69) is 44.5 Å². The molecule has 0 aliphatic carbocycles. The van der Waals surface area contributed by atoms with Gasteiger partial charge in [-0.2, -0.15) is 0 Å². The first-order valence-electron chi connectivity index (χ1n) is 4.88. The van der Waals surface area contributed by atoms with E-state index in [1.54, 1.807) is 0 Å². The summed E-state index contributed by atoms with van der Waals surface area (Å²) in [6.07, 6.45) is 0. The zero-order valence-corrected chi connectivity index (χ0v) is 10.7. The monoisotopic (exact) mass is 267 g/mol. The Morgan fingerprint density at radius 1 is 1.47 bits per heavy atom. The summed E-state index contributed by atoms with van der Waals surface area (Å²) in [6.45, 7) is 4.02. The van der Waals surface area contributed by atoms with E-state index >= 15 is 0 Å². The van der Waals surface area contributed by atoms with Gasteiger partial charge in [-0.05, 0) is 47.5 Å². The topological polar surface area (TPSA) is 43.8 Å². The lowest BCUT2D eigenvalue weighted by atomic mass is 10.2. The maximum absolute atomic E-state index is 5.87. The van der Waals surface area contributed by atoms with E-state index in [1.165, 1.54) is 5.56 Å². The average Bonchev–Trinajstić information content (AvgIpc) is 2.44. The van der Waals surface area contributed by atoms with E-state index in [1.807, 2.05) is 14.0 Å². The number of benzene rings is 1. The average molecular weight is 268 g/mol. The predicted octanol–water partition coefficient (Wildman–Crippen LogP) is 2.66. The van der Waals surface area contributed by atoms with Gasteiger partial charge in [0.05, 0.1) is 11.6 Å². The van der Waals surface area contributed by atoms with Crippen LogP contribution >= 0.6 is 15.9 Å². The van der Waals surface area contributed by atoms with Gasteiger partial charge in [-0.15, -0.1) is 0 Å². The SMILES string of the molecule is Cc1cc(Br)c2nc(C(C)N)n(C)c2c1. The minimum absolute atomic E-state index is 0.0467. The molecule has 1 aromatic heterocycles. The molecule has 0 aliphatic rings. The van der Waals surface area contributed by atoms with Gasteiger partial charge < -0.3 is 10.3 Å². The first-order chi connectivity index (χ1) is 7.00. The Morgan fingerprint density at radius 3 is 2.73 bits per heavy atom. The van der Waals surface area contributed by atoms with Crippen LogP contribution in [0.15, 0.2) is 16.6 Å². The summed E-state index contributed by atoms with van der Waals surface area (Å²) in [4.78, 5) is 4.54. The Hall–Kier alpha value is -0.870. The Morgan fingerprint density at radius 2 is 2.13 bits per heavy atom. The predicted molar refractivity (Wildman–Crippen MR) is 65.8 cm³/mol. The minimum atomic E-state index is -0.0467. The molecule has 1 atom stereocenters. The van der Waals surface area contributed by atoms with E-state index < -0.39 is 0 Å². The van der Waals surface area contributed by atoms with Crippen molar-refractivity contribution < 1.29 is 0 Å². The third kappa shape index (κ3) is 1.68. The second-order valence-electron chi connectivity index (χ2n) is 3.93. The summed E-state index contributed by atoms with van der Waals surface area (Å²) < 4.78 is 3.08. The lowest BCUT2D eigenvalue weighted by Crippen LogP contribution is -2.11. The van der Waals surface area contributed by atoms with E-state index in [0.717, 1.165) is 21.3 Å². The number of hydrogen-bond acceptors (Lipinski definition) is 2. The molecule has 4 heteroatoms. The smallest absolute Gasteiger partial charge is 0.126 e. The van der Waals surface area contributed by atoms with Crippen molar-refractivity contribution in [2.75, 3.05) is 0 Å². The molecule has 0 radical (unpaired) electrons. The number of aromatic nitrogens is 2. The first-order valence-corrected chi connectivity index (χ1v) is 5.68. The maximum Gasteiger partial charge on any atom is 0.126 e. The lowest BCUT2D eigenvalue weighted by Gasteiger charge is -2.04. The molecule has 2 N–H and O–H groups in total. The van der Waals surface area contributed by atoms with Crippen molar-refractivity contribution in [2.45, 2.75) is 19.9 Å². The Bertz CT molecular complexity index is 514. The molecule has 0 spiro atoms. The Kier molecular flexibility index (Phi) is 2.56. The van der Waals surface area contributed by atoms with Crippen molar-refractivity contribution in [1.82, 2.24) is 9.55 Å². The van der Waals surface area contributed by atoms with Gasteiger partial charge in [0.25, 0.3) is 0 Å². The molecule has 80 valence electrons. The highest BCUT2D eigenvalue weighted by molar-refractivity contribution is 9.10. The normalized spacial score (nSPS) is 13.4. The van der Waals surface area contributed by atoms with Crippen LogP contribution < -0.4 is 5.73 Å². The molecule has 3 nitrogen and oxygen atoms in total. The van der Waals surface area contributed by atoms with Gasteiger partial charge in [0.15, 0.2) is 0 Å². The highest BCUT2D eigenvalue weighted by Crippen LogP contribution is 2.26. The van der Waals surface area contributed by atoms with Crippen LogP contribution in [0.3, 0.4) is 0 Å². The third-order valence-corrected chi connectivity index (χ3v) is 3.13. The summed E-state index contributed by atoms with van der Waals surface area (Å²) in [6, 6.07) is 4.15. The summed E-state index contributed by atoms with van der Waals surface area (Å²) in [5.41, 5.74) is 9.19. The summed E-state index contributed by atoms with van der Waals surface area (Å²) >= 11 is 3.53. The van der Waals surface area contributed by atoms with Crippen LogP contribution in [0.25, 0.3) is 11.0 Å². The molecule has 0 fully saturated rings. The van der Waals surface area contributed by atoms with E-state index in [-0.39, 0.29) is 6.04 Å². The molecule has 0 saturated heterocycles. The molecule has 2 rings (SSSR count). The largest absolute Gasteiger partial charge is 0.330 e. The summed E-state index contributed by atoms with van der Waals surface area (Å²) in [5, 5.41) is 0. The molecular weight excluding hydrogens is 254 g/mol. The fraction of sp³-hybridized carbons (Fsp3) is 0.364. The number of aryl methyl sites for hydroxylation is 2. The zero-order valence-electron chi connectivity index (χ0n) is 9.08. The van der Waals surface area contributed by atoms with Crippen LogP contribution in [-0.4, -0.2) is 9.55 Å². The second kappa shape index (κ2) is 3.61. The Balaban J connectivity index is 2.82. The highest BCUT2D eigenvalue weighted by atomic mass is 79.9. The molecule has 1 unspecified atom stereocenters. The molecule has 2 aromatic rings. The number of nitrogens with two attached hydrogens (primary N) is 1. The van der Waals surface area contributed by atoms with Crippen molar-refractivity contribution >= 4 is 27.0 Å². The standard InChI is InChI=1S/C11H14BrN3/c1-6-4-8(12)10-9(5-6)15(3)11(14-10)7(2)13/h4-5,7H,13H2,1-3H3. The zero-order chi connectivity index (χ0) is 11.2. The minimum Gasteiger partial charge on any atom is -0.330 e. The molecule has 1 heterocycles. The van der Waals surface area contributed by atoms with Crippen LogP contribution in [0.4, 0.5) is 0 Å². The van der Waals surface area contributed by atoms with Crippen molar-refractivity contribution in [2.24, 2.45) is 12.8 Å². The van der Waals surface area contributed by atoms with Gasteiger partial charge in [-0.1, -0.05) is 0 Å². The van der Waals surface area contributed by atoms with Gasteiger partial charge >= 0.3 is 0 Å². The molecule has 0 aliphatic heterocycles. The molecule has 15 heavy (non-hydrogen) atoms. The maximum atomic E-state index is 5.87. The van der Waals surface area contributed by atoms with Crippen LogP contribution in [0.5, 0.6) is 0 Å². The van der Waals surface area contributed by atoms with Crippen LogP contribution in [-0.2, 0) is 7.05 Å². The van der Waals surface area contributed by atoms with Crippen LogP contribution in [0, 0.1) is 6.92 Å². The lowest BCUT2D eigenvalue weighted by molar-refractivity contribution is 0.696. The van der Waals surface area contributed by atoms with Crippen molar-refractivity contribution in [3.05, 3.63) is 28.0 Å². The molecular formula is C11H14BrN3. The molecule has 0 saturated carbocycles. The van der Waals surface area contributed by atoms with E-state index in [4.69, 9.17) is 5.73 Å². The van der Waals surface area contributed by atoms with Gasteiger partial charge in [-0.3, -0.25) is 0 Å². The number of fused-ring (bicyclic) bond motifs is 1. The summed E-state index contributed by atoms with van der Waals surface area (Å²) in [5.74, 6) is 0.913. The number of halogens is 1. The molecule has 1 aromatic carbocycles. The first kappa shape index (κ1) is 10.6. The molecule has 0 amide bonds. The quantitative estimate of drug-likeness (QED) is 0.864. The highest BCUT2D eigenvalue weighted by Gasteiger charge is 2.13. The Labute approximate surface area is 97.4 Å². The van der Waals surface area contributed by atoms with Crippen molar-refractivity contribution in [3.63, 3.8) is 0 Å². The number of hydrogen-bond donors (Lipinski definition) is 1. The van der Waals surface area contributed by atoms with Crippen molar-refractivity contribution in [3.8, 4) is 0 Å². The second-order valence-corrected chi connectivity index (χ2v) is 4.79.